The Morgan fingerprint density at radius 3 is 2.54 bits per heavy atom. The van der Waals surface area contributed by atoms with E-state index < -0.39 is 5.97 Å². The lowest BCUT2D eigenvalue weighted by atomic mass is 9.96. The van der Waals surface area contributed by atoms with Crippen molar-refractivity contribution in [1.29, 1.82) is 0 Å². The van der Waals surface area contributed by atoms with Crippen molar-refractivity contribution in [2.45, 2.75) is 19.8 Å². The number of aromatic carboxylic acids is 1. The molecular formula is C23H20ClNO3. The van der Waals surface area contributed by atoms with Gasteiger partial charge in [0.1, 0.15) is 11.4 Å². The average Bonchev–Trinajstić information content (AvgIpc) is 3.44. The minimum absolute atomic E-state index is 0.0107. The van der Waals surface area contributed by atoms with Crippen molar-refractivity contribution in [2.24, 2.45) is 5.41 Å². The molecule has 1 N–H and O–H groups in total. The van der Waals surface area contributed by atoms with Gasteiger partial charge < -0.3 is 9.84 Å². The highest BCUT2D eigenvalue weighted by molar-refractivity contribution is 6.31. The molecule has 1 aliphatic carbocycles. The molecule has 5 heteroatoms. The van der Waals surface area contributed by atoms with Crippen molar-refractivity contribution in [3.05, 3.63) is 71.4 Å². The quantitative estimate of drug-likeness (QED) is 0.562. The molecule has 0 unspecified atom stereocenters. The normalized spacial score (nSPS) is 14.5. The van der Waals surface area contributed by atoms with E-state index in [4.69, 9.17) is 16.3 Å². The molecule has 0 amide bonds. The highest BCUT2D eigenvalue weighted by atomic mass is 35.5. The number of carbonyl (C=O) groups is 1. The second-order valence-corrected chi connectivity index (χ2v) is 7.94. The van der Waals surface area contributed by atoms with Gasteiger partial charge in [0.2, 0.25) is 0 Å². The topological polar surface area (TPSA) is 59.4 Å². The van der Waals surface area contributed by atoms with Crippen LogP contribution in [0.5, 0.6) is 5.75 Å². The summed E-state index contributed by atoms with van der Waals surface area (Å²) in [5.74, 6) is -0.289. The van der Waals surface area contributed by atoms with Crippen LogP contribution in [0, 0.1) is 5.41 Å². The Labute approximate surface area is 168 Å². The van der Waals surface area contributed by atoms with E-state index in [9.17, 15) is 9.90 Å². The van der Waals surface area contributed by atoms with Crippen molar-refractivity contribution in [3.8, 4) is 28.1 Å². The number of hydrogen-bond acceptors (Lipinski definition) is 3. The molecule has 28 heavy (non-hydrogen) atoms. The SMILES string of the molecule is CC1(COc2ccc(Cl)cc2-c2ccccc2-c2cccc(C(=O)O)n2)CC1. The predicted molar refractivity (Wildman–Crippen MR) is 110 cm³/mol. The summed E-state index contributed by atoms with van der Waals surface area (Å²) < 4.78 is 6.15. The summed E-state index contributed by atoms with van der Waals surface area (Å²) in [6, 6.07) is 18.3. The molecule has 1 saturated carbocycles. The maximum absolute atomic E-state index is 11.3. The molecule has 4 nitrogen and oxygen atoms in total. The monoisotopic (exact) mass is 393 g/mol. The van der Waals surface area contributed by atoms with E-state index in [2.05, 4.69) is 11.9 Å². The highest BCUT2D eigenvalue weighted by Crippen LogP contribution is 2.46. The van der Waals surface area contributed by atoms with Crippen molar-refractivity contribution in [1.82, 2.24) is 4.98 Å². The molecule has 0 bridgehead atoms. The summed E-state index contributed by atoms with van der Waals surface area (Å²) in [6.07, 6.45) is 2.36. The smallest absolute Gasteiger partial charge is 0.354 e. The first kappa shape index (κ1) is 18.5. The van der Waals surface area contributed by atoms with Crippen LogP contribution in [0.4, 0.5) is 0 Å². The molecule has 0 saturated heterocycles. The van der Waals surface area contributed by atoms with Gasteiger partial charge in [0.05, 0.1) is 12.3 Å². The van der Waals surface area contributed by atoms with E-state index in [0.29, 0.717) is 17.3 Å². The van der Waals surface area contributed by atoms with Crippen molar-refractivity contribution >= 4 is 17.6 Å². The number of carboxylic acid groups (broad SMARTS) is 1. The number of carboxylic acids is 1. The van der Waals surface area contributed by atoms with Crippen LogP contribution in [0.1, 0.15) is 30.3 Å². The Balaban J connectivity index is 1.79. The van der Waals surface area contributed by atoms with Gasteiger partial charge in [-0.1, -0.05) is 48.9 Å². The summed E-state index contributed by atoms with van der Waals surface area (Å²) in [4.78, 5) is 15.6. The van der Waals surface area contributed by atoms with Crippen LogP contribution in [0.25, 0.3) is 22.4 Å². The molecule has 4 rings (SSSR count). The Hall–Kier alpha value is -2.85. The molecule has 1 aromatic heterocycles. The summed E-state index contributed by atoms with van der Waals surface area (Å²) in [5.41, 5.74) is 3.46. The number of pyridine rings is 1. The van der Waals surface area contributed by atoms with E-state index in [1.165, 1.54) is 18.9 Å². The van der Waals surface area contributed by atoms with E-state index >= 15 is 0 Å². The molecule has 1 heterocycles. The van der Waals surface area contributed by atoms with E-state index in [0.717, 1.165) is 22.4 Å². The Bertz CT molecular complexity index is 1040. The first-order valence-corrected chi connectivity index (χ1v) is 9.55. The first-order valence-electron chi connectivity index (χ1n) is 9.18. The average molecular weight is 394 g/mol. The number of aromatic nitrogens is 1. The Morgan fingerprint density at radius 1 is 1.07 bits per heavy atom. The fourth-order valence-corrected chi connectivity index (χ4v) is 3.27. The van der Waals surface area contributed by atoms with Gasteiger partial charge in [-0.2, -0.15) is 0 Å². The minimum Gasteiger partial charge on any atom is -0.492 e. The lowest BCUT2D eigenvalue weighted by molar-refractivity contribution is 0.0690. The largest absolute Gasteiger partial charge is 0.492 e. The second-order valence-electron chi connectivity index (χ2n) is 7.50. The van der Waals surface area contributed by atoms with Gasteiger partial charge in [0, 0.05) is 21.6 Å². The third-order valence-corrected chi connectivity index (χ3v) is 5.32. The lowest BCUT2D eigenvalue weighted by Gasteiger charge is -2.17. The van der Waals surface area contributed by atoms with Crippen LogP contribution < -0.4 is 4.74 Å². The van der Waals surface area contributed by atoms with Gasteiger partial charge in [-0.25, -0.2) is 9.78 Å². The molecule has 0 aliphatic heterocycles. The Morgan fingerprint density at radius 2 is 1.82 bits per heavy atom. The fraction of sp³-hybridized carbons (Fsp3) is 0.217. The Kier molecular flexibility index (Phi) is 4.82. The minimum atomic E-state index is -1.05. The number of hydrogen-bond donors (Lipinski definition) is 1. The van der Waals surface area contributed by atoms with Gasteiger partial charge in [0.15, 0.2) is 0 Å². The van der Waals surface area contributed by atoms with E-state index in [1.807, 2.05) is 48.5 Å². The number of nitrogens with zero attached hydrogens (tertiary/aromatic N) is 1. The van der Waals surface area contributed by atoms with Gasteiger partial charge in [-0.3, -0.25) is 0 Å². The molecule has 3 aromatic rings. The van der Waals surface area contributed by atoms with Crippen LogP contribution in [0.3, 0.4) is 0 Å². The zero-order valence-corrected chi connectivity index (χ0v) is 16.2. The van der Waals surface area contributed by atoms with E-state index in [-0.39, 0.29) is 11.1 Å². The number of halogens is 1. The highest BCUT2D eigenvalue weighted by Gasteiger charge is 2.38. The van der Waals surface area contributed by atoms with Gasteiger partial charge in [-0.15, -0.1) is 0 Å². The van der Waals surface area contributed by atoms with E-state index in [1.54, 1.807) is 6.07 Å². The second kappa shape index (κ2) is 7.28. The molecular weight excluding hydrogens is 374 g/mol. The fourth-order valence-electron chi connectivity index (χ4n) is 3.09. The first-order chi connectivity index (χ1) is 13.5. The molecule has 0 radical (unpaired) electrons. The summed E-state index contributed by atoms with van der Waals surface area (Å²) in [6.45, 7) is 2.88. The van der Waals surface area contributed by atoms with Gasteiger partial charge in [0.25, 0.3) is 0 Å². The summed E-state index contributed by atoms with van der Waals surface area (Å²) in [5, 5.41) is 9.89. The molecule has 142 valence electrons. The summed E-state index contributed by atoms with van der Waals surface area (Å²) in [7, 11) is 0. The summed E-state index contributed by atoms with van der Waals surface area (Å²) >= 11 is 6.29. The van der Waals surface area contributed by atoms with Crippen molar-refractivity contribution in [2.75, 3.05) is 6.61 Å². The maximum Gasteiger partial charge on any atom is 0.354 e. The molecule has 0 atom stereocenters. The van der Waals surface area contributed by atoms with Crippen molar-refractivity contribution < 1.29 is 14.6 Å². The van der Waals surface area contributed by atoms with Crippen LogP contribution in [-0.2, 0) is 0 Å². The van der Waals surface area contributed by atoms with Gasteiger partial charge in [-0.05, 0) is 48.7 Å². The standard InChI is InChI=1S/C23H20ClNO3/c1-23(11-12-23)14-28-21-10-9-15(24)13-18(21)16-5-2-3-6-17(16)19-7-4-8-20(25-19)22(26)27/h2-10,13H,11-12,14H2,1H3,(H,26,27). The third-order valence-electron chi connectivity index (χ3n) is 5.08. The molecule has 1 aliphatic rings. The zero-order chi connectivity index (χ0) is 19.7. The van der Waals surface area contributed by atoms with Crippen LogP contribution in [-0.4, -0.2) is 22.7 Å². The number of benzene rings is 2. The van der Waals surface area contributed by atoms with Crippen LogP contribution in [0.15, 0.2) is 60.7 Å². The number of rotatable bonds is 6. The molecule has 0 spiro atoms. The van der Waals surface area contributed by atoms with Crippen molar-refractivity contribution in [3.63, 3.8) is 0 Å². The van der Waals surface area contributed by atoms with Crippen LogP contribution in [0.2, 0.25) is 5.02 Å². The van der Waals surface area contributed by atoms with Gasteiger partial charge >= 0.3 is 5.97 Å². The maximum atomic E-state index is 11.3. The zero-order valence-electron chi connectivity index (χ0n) is 15.5. The third kappa shape index (κ3) is 3.87. The lowest BCUT2D eigenvalue weighted by Crippen LogP contribution is -2.09. The van der Waals surface area contributed by atoms with Crippen LogP contribution >= 0.6 is 11.6 Å². The number of ether oxygens (including phenoxy) is 1. The molecule has 2 aromatic carbocycles. The predicted octanol–water partition coefficient (Wildman–Crippen LogP) is 5.95. The molecule has 1 fully saturated rings.